The van der Waals surface area contributed by atoms with Crippen molar-refractivity contribution < 1.29 is 4.74 Å². The number of ether oxygens (including phenoxy) is 1. The maximum absolute atomic E-state index is 5.94. The summed E-state index contributed by atoms with van der Waals surface area (Å²) in [6, 6.07) is 8.09. The zero-order valence-corrected chi connectivity index (χ0v) is 9.81. The van der Waals surface area contributed by atoms with E-state index in [0.717, 1.165) is 29.4 Å². The van der Waals surface area contributed by atoms with Crippen LogP contribution in [0, 0.1) is 0 Å². The van der Waals surface area contributed by atoms with E-state index in [-0.39, 0.29) is 6.10 Å². The number of pyridine rings is 1. The molecule has 0 spiro atoms. The van der Waals surface area contributed by atoms with Crippen molar-refractivity contribution in [2.24, 2.45) is 0 Å². The molecule has 0 saturated heterocycles. The minimum Gasteiger partial charge on any atom is -0.490 e. The second-order valence-electron chi connectivity index (χ2n) is 4.07. The molecule has 0 aliphatic carbocycles. The molecule has 16 heavy (non-hydrogen) atoms. The molecular weight excluding hydrogens is 198 g/mol. The van der Waals surface area contributed by atoms with E-state index in [1.165, 1.54) is 0 Å². The summed E-state index contributed by atoms with van der Waals surface area (Å²) in [4.78, 5) is 4.11. The third-order valence-corrected chi connectivity index (χ3v) is 2.66. The van der Waals surface area contributed by atoms with Crippen LogP contribution in [0.2, 0.25) is 0 Å². The average molecular weight is 215 g/mol. The summed E-state index contributed by atoms with van der Waals surface area (Å²) in [6.07, 6.45) is 6.17. The minimum atomic E-state index is 0.267. The van der Waals surface area contributed by atoms with Gasteiger partial charge in [-0.05, 0) is 25.5 Å². The molecular formula is C14H17NO. The molecule has 1 aromatic carbocycles. The number of aromatic nitrogens is 1. The van der Waals surface area contributed by atoms with E-state index in [9.17, 15) is 0 Å². The van der Waals surface area contributed by atoms with Crippen molar-refractivity contribution in [2.45, 2.75) is 32.8 Å². The lowest BCUT2D eigenvalue weighted by atomic mass is 10.1. The third kappa shape index (κ3) is 2.32. The molecule has 84 valence electrons. The van der Waals surface area contributed by atoms with Crippen molar-refractivity contribution >= 4 is 10.8 Å². The van der Waals surface area contributed by atoms with Gasteiger partial charge in [-0.2, -0.15) is 0 Å². The first kappa shape index (κ1) is 10.9. The Kier molecular flexibility index (Phi) is 3.40. The molecule has 0 saturated carbocycles. The number of fused-ring (bicyclic) bond motifs is 1. The highest BCUT2D eigenvalue weighted by Crippen LogP contribution is 2.25. The van der Waals surface area contributed by atoms with Crippen LogP contribution in [0.4, 0.5) is 0 Å². The molecule has 0 aliphatic rings. The van der Waals surface area contributed by atoms with Crippen molar-refractivity contribution in [3.05, 3.63) is 36.7 Å². The topological polar surface area (TPSA) is 22.1 Å². The lowest BCUT2D eigenvalue weighted by molar-refractivity contribution is 0.212. The zero-order valence-electron chi connectivity index (χ0n) is 9.81. The molecule has 1 aromatic heterocycles. The van der Waals surface area contributed by atoms with Crippen LogP contribution in [0.5, 0.6) is 5.75 Å². The van der Waals surface area contributed by atoms with Gasteiger partial charge in [0.1, 0.15) is 5.75 Å². The van der Waals surface area contributed by atoms with Gasteiger partial charge >= 0.3 is 0 Å². The summed E-state index contributed by atoms with van der Waals surface area (Å²) in [5.74, 6) is 0.959. The maximum atomic E-state index is 5.94. The van der Waals surface area contributed by atoms with Crippen molar-refractivity contribution in [1.82, 2.24) is 4.98 Å². The fourth-order valence-electron chi connectivity index (χ4n) is 1.88. The molecule has 0 radical (unpaired) electrons. The molecule has 0 aliphatic heterocycles. The van der Waals surface area contributed by atoms with E-state index in [1.807, 2.05) is 24.4 Å². The lowest BCUT2D eigenvalue weighted by Crippen LogP contribution is -2.11. The summed E-state index contributed by atoms with van der Waals surface area (Å²) in [5, 5.41) is 2.27. The first-order chi connectivity index (χ1) is 7.81. The molecule has 2 aromatic rings. The summed E-state index contributed by atoms with van der Waals surface area (Å²) in [5.41, 5.74) is 0. The van der Waals surface area contributed by atoms with Crippen molar-refractivity contribution in [3.8, 4) is 5.75 Å². The summed E-state index contributed by atoms with van der Waals surface area (Å²) in [6.45, 7) is 4.29. The van der Waals surface area contributed by atoms with Gasteiger partial charge in [0.25, 0.3) is 0 Å². The second-order valence-corrected chi connectivity index (χ2v) is 4.07. The van der Waals surface area contributed by atoms with Crippen molar-refractivity contribution in [3.63, 3.8) is 0 Å². The number of hydrogen-bond acceptors (Lipinski definition) is 2. The Bertz CT molecular complexity index is 462. The van der Waals surface area contributed by atoms with Crippen LogP contribution in [-0.4, -0.2) is 11.1 Å². The summed E-state index contributed by atoms with van der Waals surface area (Å²) >= 11 is 0. The minimum absolute atomic E-state index is 0.267. The van der Waals surface area contributed by atoms with E-state index in [2.05, 4.69) is 24.9 Å². The largest absolute Gasteiger partial charge is 0.490 e. The predicted molar refractivity (Wildman–Crippen MR) is 66.7 cm³/mol. The van der Waals surface area contributed by atoms with Gasteiger partial charge in [-0.3, -0.25) is 4.98 Å². The number of rotatable bonds is 4. The molecule has 0 fully saturated rings. The number of benzene rings is 1. The van der Waals surface area contributed by atoms with Gasteiger partial charge < -0.3 is 4.74 Å². The molecule has 1 heterocycles. The van der Waals surface area contributed by atoms with Crippen LogP contribution >= 0.6 is 0 Å². The maximum Gasteiger partial charge on any atom is 0.127 e. The Hall–Kier alpha value is -1.57. The van der Waals surface area contributed by atoms with E-state index in [0.29, 0.717) is 0 Å². The van der Waals surface area contributed by atoms with Crippen molar-refractivity contribution in [2.75, 3.05) is 0 Å². The van der Waals surface area contributed by atoms with Gasteiger partial charge in [-0.25, -0.2) is 0 Å². The fraction of sp³-hybridized carbons (Fsp3) is 0.357. The molecule has 2 rings (SSSR count). The van der Waals surface area contributed by atoms with Crippen LogP contribution in [0.1, 0.15) is 26.7 Å². The third-order valence-electron chi connectivity index (χ3n) is 2.66. The van der Waals surface area contributed by atoms with E-state index < -0.39 is 0 Å². The second kappa shape index (κ2) is 4.97. The smallest absolute Gasteiger partial charge is 0.127 e. The van der Waals surface area contributed by atoms with Crippen molar-refractivity contribution in [1.29, 1.82) is 0 Å². The predicted octanol–water partition coefficient (Wildman–Crippen LogP) is 3.80. The average Bonchev–Trinajstić information content (AvgIpc) is 2.30. The molecule has 0 bridgehead atoms. The molecule has 1 unspecified atom stereocenters. The fourth-order valence-corrected chi connectivity index (χ4v) is 1.88. The first-order valence-electron chi connectivity index (χ1n) is 5.80. The SMILES string of the molecule is CCCC(C)Oc1cccc2cnccc12. The molecule has 2 nitrogen and oxygen atoms in total. The van der Waals surface area contributed by atoms with Gasteiger partial charge in [0.2, 0.25) is 0 Å². The standard InChI is InChI=1S/C14H17NO/c1-3-5-11(2)16-14-7-4-6-12-10-15-9-8-13(12)14/h4,6-11H,3,5H2,1-2H3. The Morgan fingerprint density at radius 1 is 1.31 bits per heavy atom. The molecule has 0 N–H and O–H groups in total. The highest BCUT2D eigenvalue weighted by molar-refractivity contribution is 5.87. The molecule has 1 atom stereocenters. The Balaban J connectivity index is 2.30. The van der Waals surface area contributed by atoms with Crippen LogP contribution in [-0.2, 0) is 0 Å². The van der Waals surface area contributed by atoms with Gasteiger partial charge in [0.15, 0.2) is 0 Å². The number of nitrogens with zero attached hydrogens (tertiary/aromatic N) is 1. The quantitative estimate of drug-likeness (QED) is 0.773. The van der Waals surface area contributed by atoms with Crippen LogP contribution in [0.3, 0.4) is 0 Å². The monoisotopic (exact) mass is 215 g/mol. The van der Waals surface area contributed by atoms with E-state index in [1.54, 1.807) is 6.20 Å². The summed E-state index contributed by atoms with van der Waals surface area (Å²) < 4.78 is 5.94. The van der Waals surface area contributed by atoms with Crippen LogP contribution < -0.4 is 4.74 Å². The van der Waals surface area contributed by atoms with Gasteiger partial charge in [-0.1, -0.05) is 25.5 Å². The van der Waals surface area contributed by atoms with Gasteiger partial charge in [0.05, 0.1) is 6.10 Å². The lowest BCUT2D eigenvalue weighted by Gasteiger charge is -2.15. The number of hydrogen-bond donors (Lipinski definition) is 0. The normalized spacial score (nSPS) is 12.6. The molecule has 0 amide bonds. The van der Waals surface area contributed by atoms with Gasteiger partial charge in [0, 0.05) is 23.2 Å². The zero-order chi connectivity index (χ0) is 11.4. The Morgan fingerprint density at radius 3 is 3.00 bits per heavy atom. The highest BCUT2D eigenvalue weighted by Gasteiger charge is 2.05. The Morgan fingerprint density at radius 2 is 2.19 bits per heavy atom. The van der Waals surface area contributed by atoms with Gasteiger partial charge in [-0.15, -0.1) is 0 Å². The Labute approximate surface area is 96.3 Å². The first-order valence-corrected chi connectivity index (χ1v) is 5.80. The summed E-state index contributed by atoms with van der Waals surface area (Å²) in [7, 11) is 0. The van der Waals surface area contributed by atoms with Crippen LogP contribution in [0.15, 0.2) is 36.7 Å². The molecule has 2 heteroatoms. The van der Waals surface area contributed by atoms with E-state index >= 15 is 0 Å². The van der Waals surface area contributed by atoms with E-state index in [4.69, 9.17) is 4.74 Å². The van der Waals surface area contributed by atoms with Crippen LogP contribution in [0.25, 0.3) is 10.8 Å². The highest BCUT2D eigenvalue weighted by atomic mass is 16.5.